The molecular formula is C20H12ClF3N2O3. The molecule has 29 heavy (non-hydrogen) atoms. The third-order valence-electron chi connectivity index (χ3n) is 3.84. The van der Waals surface area contributed by atoms with Gasteiger partial charge in [0.25, 0.3) is 5.91 Å². The van der Waals surface area contributed by atoms with Gasteiger partial charge in [-0.3, -0.25) is 4.79 Å². The first-order chi connectivity index (χ1) is 13.8. The number of hydrogen-bond acceptors (Lipinski definition) is 4. The van der Waals surface area contributed by atoms with Gasteiger partial charge in [-0.2, -0.15) is 18.4 Å². The van der Waals surface area contributed by atoms with Crippen LogP contribution in [0.25, 0.3) is 17.4 Å². The Hall–Kier alpha value is -3.44. The van der Waals surface area contributed by atoms with E-state index in [1.54, 1.807) is 18.2 Å². The van der Waals surface area contributed by atoms with Gasteiger partial charge in [0.2, 0.25) is 0 Å². The minimum absolute atomic E-state index is 0.0434. The Morgan fingerprint density at radius 1 is 1.24 bits per heavy atom. The second-order valence-electron chi connectivity index (χ2n) is 5.83. The van der Waals surface area contributed by atoms with Crippen LogP contribution < -0.4 is 5.32 Å². The first-order valence-corrected chi connectivity index (χ1v) is 8.55. The van der Waals surface area contributed by atoms with E-state index in [-0.39, 0.29) is 34.2 Å². The number of nitrogens with zero attached hydrogens (tertiary/aromatic N) is 1. The number of amides is 1. The van der Waals surface area contributed by atoms with Crippen molar-refractivity contribution in [3.05, 3.63) is 76.4 Å². The molecule has 0 saturated heterocycles. The first kappa shape index (κ1) is 20.3. The molecule has 9 heteroatoms. The molecule has 0 atom stereocenters. The molecule has 2 heterocycles. The highest BCUT2D eigenvalue weighted by molar-refractivity contribution is 6.33. The minimum Gasteiger partial charge on any atom is -0.467 e. The van der Waals surface area contributed by atoms with Crippen LogP contribution in [-0.2, 0) is 17.5 Å². The molecule has 5 nitrogen and oxygen atoms in total. The lowest BCUT2D eigenvalue weighted by molar-refractivity contribution is -0.137. The maximum atomic E-state index is 12.9. The third-order valence-corrected chi connectivity index (χ3v) is 4.17. The molecule has 0 unspecified atom stereocenters. The van der Waals surface area contributed by atoms with E-state index in [9.17, 15) is 23.2 Å². The predicted octanol–water partition coefficient (Wildman–Crippen LogP) is 5.44. The maximum absolute atomic E-state index is 12.9. The monoisotopic (exact) mass is 420 g/mol. The van der Waals surface area contributed by atoms with Crippen LogP contribution in [-0.4, -0.2) is 5.91 Å². The van der Waals surface area contributed by atoms with Crippen molar-refractivity contribution in [1.29, 1.82) is 5.26 Å². The highest BCUT2D eigenvalue weighted by Gasteiger charge is 2.31. The standard InChI is InChI=1S/C20H12ClF3N2O3/c21-17-5-3-13(20(22,23)24)9-16(17)18-6-4-14(29-18)8-12(10-25)19(27)26-11-15-2-1-7-28-15/h1-9H,11H2,(H,26,27)/b12-8-. The van der Waals surface area contributed by atoms with Gasteiger partial charge in [-0.1, -0.05) is 11.6 Å². The number of furan rings is 2. The zero-order chi connectivity index (χ0) is 21.0. The summed E-state index contributed by atoms with van der Waals surface area (Å²) in [5, 5.41) is 11.8. The predicted molar refractivity (Wildman–Crippen MR) is 98.3 cm³/mol. The Kier molecular flexibility index (Phi) is 5.80. The molecule has 0 radical (unpaired) electrons. The lowest BCUT2D eigenvalue weighted by Gasteiger charge is -2.09. The van der Waals surface area contributed by atoms with Crippen LogP contribution in [0.3, 0.4) is 0 Å². The van der Waals surface area contributed by atoms with E-state index in [2.05, 4.69) is 5.32 Å². The van der Waals surface area contributed by atoms with E-state index >= 15 is 0 Å². The summed E-state index contributed by atoms with van der Waals surface area (Å²) in [5.41, 5.74) is -1.07. The van der Waals surface area contributed by atoms with Gasteiger partial charge in [0.05, 0.1) is 23.4 Å². The van der Waals surface area contributed by atoms with Crippen molar-refractivity contribution in [1.82, 2.24) is 5.32 Å². The zero-order valence-corrected chi connectivity index (χ0v) is 15.3. The fourth-order valence-electron chi connectivity index (χ4n) is 2.43. The average molecular weight is 421 g/mol. The topological polar surface area (TPSA) is 79.2 Å². The van der Waals surface area contributed by atoms with Crippen LogP contribution in [0.15, 0.2) is 63.1 Å². The fourth-order valence-corrected chi connectivity index (χ4v) is 2.64. The number of nitrogens with one attached hydrogen (secondary N) is 1. The summed E-state index contributed by atoms with van der Waals surface area (Å²) in [5.74, 6) is 0.0351. The van der Waals surface area contributed by atoms with Crippen molar-refractivity contribution in [2.75, 3.05) is 0 Å². The molecular weight excluding hydrogens is 409 g/mol. The summed E-state index contributed by atoms with van der Waals surface area (Å²) in [4.78, 5) is 12.1. The van der Waals surface area contributed by atoms with E-state index < -0.39 is 17.6 Å². The van der Waals surface area contributed by atoms with Gasteiger partial charge < -0.3 is 14.2 Å². The van der Waals surface area contributed by atoms with E-state index in [0.29, 0.717) is 5.76 Å². The molecule has 0 aliphatic heterocycles. The second kappa shape index (κ2) is 8.29. The lowest BCUT2D eigenvalue weighted by atomic mass is 10.1. The Labute approximate surface area is 168 Å². The van der Waals surface area contributed by atoms with Crippen molar-refractivity contribution in [3.63, 3.8) is 0 Å². The van der Waals surface area contributed by atoms with Gasteiger partial charge in [-0.15, -0.1) is 0 Å². The molecule has 0 bridgehead atoms. The normalized spacial score (nSPS) is 11.9. The molecule has 0 aliphatic rings. The van der Waals surface area contributed by atoms with Gasteiger partial charge in [0.15, 0.2) is 0 Å². The van der Waals surface area contributed by atoms with Crippen molar-refractivity contribution < 1.29 is 26.8 Å². The molecule has 3 rings (SSSR count). The molecule has 1 aromatic carbocycles. The first-order valence-electron chi connectivity index (χ1n) is 8.17. The maximum Gasteiger partial charge on any atom is 0.416 e. The minimum atomic E-state index is -4.53. The molecule has 148 valence electrons. The van der Waals surface area contributed by atoms with Gasteiger partial charge in [-0.25, -0.2) is 0 Å². The number of alkyl halides is 3. The quantitative estimate of drug-likeness (QED) is 0.440. The van der Waals surface area contributed by atoms with Crippen LogP contribution >= 0.6 is 11.6 Å². The van der Waals surface area contributed by atoms with Gasteiger partial charge in [-0.05, 0) is 42.5 Å². The van der Waals surface area contributed by atoms with Crippen LogP contribution in [0.2, 0.25) is 5.02 Å². The largest absolute Gasteiger partial charge is 0.467 e. The van der Waals surface area contributed by atoms with Gasteiger partial charge in [0, 0.05) is 11.6 Å². The molecule has 1 N–H and O–H groups in total. The Bertz CT molecular complexity index is 1090. The van der Waals surface area contributed by atoms with Crippen molar-refractivity contribution >= 4 is 23.6 Å². The number of carbonyl (C=O) groups is 1. The Morgan fingerprint density at radius 3 is 2.69 bits per heavy atom. The number of benzene rings is 1. The van der Waals surface area contributed by atoms with E-state index in [0.717, 1.165) is 18.2 Å². The average Bonchev–Trinajstić information content (AvgIpc) is 3.35. The van der Waals surface area contributed by atoms with Crippen molar-refractivity contribution in [2.45, 2.75) is 12.7 Å². The lowest BCUT2D eigenvalue weighted by Crippen LogP contribution is -2.23. The molecule has 2 aromatic heterocycles. The highest BCUT2D eigenvalue weighted by atomic mass is 35.5. The summed E-state index contributed by atoms with van der Waals surface area (Å²) < 4.78 is 49.4. The van der Waals surface area contributed by atoms with E-state index in [1.807, 2.05) is 0 Å². The summed E-state index contributed by atoms with van der Waals surface area (Å²) in [6.45, 7) is 0.0914. The smallest absolute Gasteiger partial charge is 0.416 e. The number of nitriles is 1. The second-order valence-corrected chi connectivity index (χ2v) is 6.23. The summed E-state index contributed by atoms with van der Waals surface area (Å²) >= 11 is 6.00. The highest BCUT2D eigenvalue weighted by Crippen LogP contribution is 2.36. The molecule has 0 fully saturated rings. The van der Waals surface area contributed by atoms with Crippen LogP contribution in [0.1, 0.15) is 17.1 Å². The molecule has 0 saturated carbocycles. The van der Waals surface area contributed by atoms with Gasteiger partial charge in [0.1, 0.15) is 28.9 Å². The molecule has 1 amide bonds. The van der Waals surface area contributed by atoms with Crippen LogP contribution in [0, 0.1) is 11.3 Å². The number of rotatable bonds is 5. The summed E-state index contributed by atoms with van der Waals surface area (Å²) in [6.07, 6.45) is -1.90. The zero-order valence-electron chi connectivity index (χ0n) is 14.6. The van der Waals surface area contributed by atoms with E-state index in [1.165, 1.54) is 24.5 Å². The Morgan fingerprint density at radius 2 is 2.03 bits per heavy atom. The Balaban J connectivity index is 1.81. The summed E-state index contributed by atoms with van der Waals surface area (Å²) in [7, 11) is 0. The van der Waals surface area contributed by atoms with Crippen molar-refractivity contribution in [2.24, 2.45) is 0 Å². The SMILES string of the molecule is N#C/C(=C/c1ccc(-c2cc(C(F)(F)F)ccc2Cl)o1)C(=O)NCc1ccco1. The third kappa shape index (κ3) is 4.89. The molecule has 3 aromatic rings. The van der Waals surface area contributed by atoms with E-state index in [4.69, 9.17) is 20.4 Å². The number of halogens is 4. The van der Waals surface area contributed by atoms with Crippen molar-refractivity contribution in [3.8, 4) is 17.4 Å². The molecule has 0 aliphatic carbocycles. The summed E-state index contributed by atoms with van der Waals surface area (Å²) in [6, 6.07) is 10.8. The van der Waals surface area contributed by atoms with Gasteiger partial charge >= 0.3 is 6.18 Å². The number of carbonyl (C=O) groups excluding carboxylic acids is 1. The molecule has 0 spiro atoms. The number of hydrogen-bond donors (Lipinski definition) is 1. The van der Waals surface area contributed by atoms with Crippen LogP contribution in [0.4, 0.5) is 13.2 Å². The van der Waals surface area contributed by atoms with Crippen LogP contribution in [0.5, 0.6) is 0 Å². The fraction of sp³-hybridized carbons (Fsp3) is 0.100.